The molecule has 6 heteroatoms. The van der Waals surface area contributed by atoms with Gasteiger partial charge in [-0.25, -0.2) is 9.59 Å². The first-order valence-corrected chi connectivity index (χ1v) is 9.23. The topological polar surface area (TPSA) is 59.1 Å². The molecule has 0 spiro atoms. The van der Waals surface area contributed by atoms with Crippen LogP contribution in [0.4, 0.5) is 4.79 Å². The maximum absolute atomic E-state index is 12.1. The Balaban J connectivity index is 1.50. The van der Waals surface area contributed by atoms with Crippen molar-refractivity contribution in [3.63, 3.8) is 0 Å². The van der Waals surface area contributed by atoms with Crippen molar-refractivity contribution in [3.05, 3.63) is 34.4 Å². The average Bonchev–Trinajstić information content (AvgIpc) is 2.95. The highest BCUT2D eigenvalue weighted by Gasteiger charge is 2.26. The van der Waals surface area contributed by atoms with Crippen LogP contribution in [-0.4, -0.2) is 60.2 Å². The Bertz CT molecular complexity index is 700. The molecule has 2 aliphatic heterocycles. The molecule has 0 bridgehead atoms. The van der Waals surface area contributed by atoms with Crippen molar-refractivity contribution < 1.29 is 19.1 Å². The zero-order valence-corrected chi connectivity index (χ0v) is 16.1. The number of esters is 1. The van der Waals surface area contributed by atoms with E-state index >= 15 is 0 Å². The Morgan fingerprint density at radius 3 is 2.54 bits per heavy atom. The minimum Gasteiger partial charge on any atom is -0.457 e. The number of hydrogen-bond acceptors (Lipinski definition) is 5. The lowest BCUT2D eigenvalue weighted by atomic mass is 9.96. The van der Waals surface area contributed by atoms with Crippen LogP contribution in [0.2, 0.25) is 0 Å². The van der Waals surface area contributed by atoms with Gasteiger partial charge >= 0.3 is 12.1 Å². The number of carbonyl (C=O) groups excluding carboxylic acids is 2. The SMILES string of the molecule is Cc1c(CCN2CCN(C(=O)OC(C)(C)C)CC2)ccc2c1COC2=O. The van der Waals surface area contributed by atoms with Gasteiger partial charge in [0, 0.05) is 38.3 Å². The number of ether oxygens (including phenoxy) is 2. The minimum absolute atomic E-state index is 0.215. The summed E-state index contributed by atoms with van der Waals surface area (Å²) in [6.45, 7) is 12.2. The van der Waals surface area contributed by atoms with Crippen LogP contribution in [0.3, 0.4) is 0 Å². The van der Waals surface area contributed by atoms with E-state index < -0.39 is 5.60 Å². The number of carbonyl (C=O) groups is 2. The molecular formula is C20H28N2O4. The summed E-state index contributed by atoms with van der Waals surface area (Å²) in [4.78, 5) is 27.9. The average molecular weight is 360 g/mol. The standard InChI is InChI=1S/C20H28N2O4/c1-14-15(5-6-16-17(14)13-25-18(16)23)7-8-21-9-11-22(12-10-21)19(24)26-20(2,3)4/h5-6H,7-13H2,1-4H3. The number of hydrogen-bond donors (Lipinski definition) is 0. The summed E-state index contributed by atoms with van der Waals surface area (Å²) < 4.78 is 10.6. The second-order valence-corrected chi connectivity index (χ2v) is 8.01. The zero-order chi connectivity index (χ0) is 18.9. The molecule has 1 aromatic carbocycles. The molecule has 6 nitrogen and oxygen atoms in total. The first-order valence-electron chi connectivity index (χ1n) is 9.23. The van der Waals surface area contributed by atoms with E-state index in [1.54, 1.807) is 4.90 Å². The smallest absolute Gasteiger partial charge is 0.410 e. The Hall–Kier alpha value is -2.08. The summed E-state index contributed by atoms with van der Waals surface area (Å²) in [5, 5.41) is 0. The summed E-state index contributed by atoms with van der Waals surface area (Å²) in [7, 11) is 0. The van der Waals surface area contributed by atoms with Gasteiger partial charge in [0.1, 0.15) is 12.2 Å². The quantitative estimate of drug-likeness (QED) is 0.776. The third kappa shape index (κ3) is 4.18. The largest absolute Gasteiger partial charge is 0.457 e. The number of piperazine rings is 1. The van der Waals surface area contributed by atoms with Gasteiger partial charge in [-0.15, -0.1) is 0 Å². The van der Waals surface area contributed by atoms with Crippen LogP contribution in [0, 0.1) is 6.92 Å². The van der Waals surface area contributed by atoms with Crippen molar-refractivity contribution in [1.29, 1.82) is 0 Å². The molecule has 3 rings (SSSR count). The normalized spacial score (nSPS) is 17.8. The fraction of sp³-hybridized carbons (Fsp3) is 0.600. The third-order valence-electron chi connectivity index (χ3n) is 5.00. The molecule has 26 heavy (non-hydrogen) atoms. The van der Waals surface area contributed by atoms with Crippen molar-refractivity contribution in [2.45, 2.75) is 46.3 Å². The van der Waals surface area contributed by atoms with Crippen LogP contribution >= 0.6 is 0 Å². The van der Waals surface area contributed by atoms with Crippen molar-refractivity contribution in [1.82, 2.24) is 9.80 Å². The highest BCUT2D eigenvalue weighted by Crippen LogP contribution is 2.26. The molecule has 1 aromatic rings. The monoisotopic (exact) mass is 360 g/mol. The van der Waals surface area contributed by atoms with Gasteiger partial charge < -0.3 is 14.4 Å². The second kappa shape index (κ2) is 7.27. The number of cyclic esters (lactones) is 1. The van der Waals surface area contributed by atoms with Crippen molar-refractivity contribution >= 4 is 12.1 Å². The highest BCUT2D eigenvalue weighted by atomic mass is 16.6. The van der Waals surface area contributed by atoms with E-state index in [2.05, 4.69) is 11.8 Å². The first kappa shape index (κ1) is 18.7. The van der Waals surface area contributed by atoms with Crippen molar-refractivity contribution in [2.75, 3.05) is 32.7 Å². The maximum Gasteiger partial charge on any atom is 0.410 e. The fourth-order valence-corrected chi connectivity index (χ4v) is 3.43. The van der Waals surface area contributed by atoms with Gasteiger partial charge in [-0.2, -0.15) is 0 Å². The molecule has 1 fully saturated rings. The molecule has 0 radical (unpaired) electrons. The van der Waals surface area contributed by atoms with Crippen LogP contribution in [0.25, 0.3) is 0 Å². The Morgan fingerprint density at radius 2 is 1.88 bits per heavy atom. The molecule has 142 valence electrons. The van der Waals surface area contributed by atoms with E-state index in [9.17, 15) is 9.59 Å². The molecule has 0 aromatic heterocycles. The number of nitrogens with zero attached hydrogens (tertiary/aromatic N) is 2. The molecule has 1 saturated heterocycles. The summed E-state index contributed by atoms with van der Waals surface area (Å²) in [5.41, 5.74) is 3.71. The molecule has 0 saturated carbocycles. The fourth-order valence-electron chi connectivity index (χ4n) is 3.43. The van der Waals surface area contributed by atoms with Gasteiger partial charge in [0.2, 0.25) is 0 Å². The minimum atomic E-state index is -0.454. The second-order valence-electron chi connectivity index (χ2n) is 8.01. The van der Waals surface area contributed by atoms with E-state index in [1.807, 2.05) is 32.9 Å². The molecule has 0 atom stereocenters. The van der Waals surface area contributed by atoms with Gasteiger partial charge in [-0.1, -0.05) is 6.07 Å². The van der Waals surface area contributed by atoms with E-state index in [-0.39, 0.29) is 12.1 Å². The molecule has 2 heterocycles. The Kier molecular flexibility index (Phi) is 5.23. The Labute approximate surface area is 155 Å². The van der Waals surface area contributed by atoms with Gasteiger partial charge in [-0.3, -0.25) is 4.90 Å². The summed E-state index contributed by atoms with van der Waals surface area (Å²) in [6, 6.07) is 3.92. The lowest BCUT2D eigenvalue weighted by molar-refractivity contribution is 0.0146. The number of rotatable bonds is 3. The summed E-state index contributed by atoms with van der Waals surface area (Å²) >= 11 is 0. The van der Waals surface area contributed by atoms with Crippen LogP contribution in [-0.2, 0) is 22.5 Å². The van der Waals surface area contributed by atoms with E-state index in [0.29, 0.717) is 25.3 Å². The lowest BCUT2D eigenvalue weighted by Gasteiger charge is -2.35. The highest BCUT2D eigenvalue weighted by molar-refractivity contribution is 5.93. The molecule has 2 aliphatic rings. The molecule has 0 N–H and O–H groups in total. The predicted octanol–water partition coefficient (Wildman–Crippen LogP) is 2.76. The van der Waals surface area contributed by atoms with Crippen LogP contribution in [0.15, 0.2) is 12.1 Å². The number of amides is 1. The predicted molar refractivity (Wildman–Crippen MR) is 98.2 cm³/mol. The van der Waals surface area contributed by atoms with Gasteiger partial charge in [-0.05, 0) is 51.3 Å². The lowest BCUT2D eigenvalue weighted by Crippen LogP contribution is -2.50. The Morgan fingerprint density at radius 1 is 1.19 bits per heavy atom. The molecule has 0 unspecified atom stereocenters. The first-order chi connectivity index (χ1) is 12.2. The third-order valence-corrected chi connectivity index (χ3v) is 5.00. The summed E-state index contributed by atoms with van der Waals surface area (Å²) in [6.07, 6.45) is 0.705. The van der Waals surface area contributed by atoms with Gasteiger partial charge in [0.25, 0.3) is 0 Å². The van der Waals surface area contributed by atoms with Gasteiger partial charge in [0.15, 0.2) is 0 Å². The van der Waals surface area contributed by atoms with E-state index in [4.69, 9.17) is 9.47 Å². The van der Waals surface area contributed by atoms with Crippen molar-refractivity contribution in [3.8, 4) is 0 Å². The summed E-state index contributed by atoms with van der Waals surface area (Å²) in [5.74, 6) is -0.215. The van der Waals surface area contributed by atoms with Gasteiger partial charge in [0.05, 0.1) is 5.56 Å². The van der Waals surface area contributed by atoms with E-state index in [0.717, 1.165) is 31.6 Å². The number of benzene rings is 1. The van der Waals surface area contributed by atoms with Crippen LogP contribution in [0.1, 0.15) is 47.8 Å². The van der Waals surface area contributed by atoms with Crippen LogP contribution < -0.4 is 0 Å². The zero-order valence-electron chi connectivity index (χ0n) is 16.1. The maximum atomic E-state index is 12.1. The molecular weight excluding hydrogens is 332 g/mol. The molecule has 1 amide bonds. The number of fused-ring (bicyclic) bond motifs is 1. The molecule has 0 aliphatic carbocycles. The van der Waals surface area contributed by atoms with E-state index in [1.165, 1.54) is 11.1 Å². The van der Waals surface area contributed by atoms with Crippen molar-refractivity contribution in [2.24, 2.45) is 0 Å². The van der Waals surface area contributed by atoms with Crippen LogP contribution in [0.5, 0.6) is 0 Å².